The molecule has 0 saturated carbocycles. The average molecular weight is 244 g/mol. The van der Waals surface area contributed by atoms with Gasteiger partial charge in [-0.25, -0.2) is 9.37 Å². The Morgan fingerprint density at radius 2 is 2.06 bits per heavy atom. The van der Waals surface area contributed by atoms with Crippen molar-refractivity contribution < 1.29 is 4.39 Å². The average Bonchev–Trinajstić information content (AvgIpc) is 2.74. The molecule has 7 heteroatoms. The van der Waals surface area contributed by atoms with Gasteiger partial charge in [0.25, 0.3) is 0 Å². The summed E-state index contributed by atoms with van der Waals surface area (Å²) in [4.78, 5) is 7.69. The Labute approximate surface area is 101 Å². The number of hydrogen-bond acceptors (Lipinski definition) is 5. The summed E-state index contributed by atoms with van der Waals surface area (Å²) in [5, 5.41) is 7.11. The van der Waals surface area contributed by atoms with E-state index in [2.05, 4.69) is 20.2 Å². The van der Waals surface area contributed by atoms with Gasteiger partial charge in [-0.1, -0.05) is 6.07 Å². The molecule has 0 saturated heterocycles. The smallest absolute Gasteiger partial charge is 0.221 e. The lowest BCUT2D eigenvalue weighted by Crippen LogP contribution is -2.01. The molecule has 3 aromatic rings. The number of aromatic nitrogens is 4. The number of rotatable bonds is 1. The Balaban J connectivity index is 2.32. The molecule has 1 aromatic carbocycles. The molecule has 2 heterocycles. The standard InChI is InChI=1S/C11H9FN6/c12-6-2-1-3-7-8(6)9(18-17-7)5-4-15-11(14)16-10(5)13/h1-4H,(H,17,18)(H4,13,14,15,16). The third-order valence-corrected chi connectivity index (χ3v) is 2.64. The lowest BCUT2D eigenvalue weighted by atomic mass is 10.1. The molecule has 3 rings (SSSR count). The molecule has 0 fully saturated rings. The number of nitrogens with two attached hydrogens (primary N) is 2. The van der Waals surface area contributed by atoms with Crippen molar-refractivity contribution in [1.29, 1.82) is 0 Å². The molecule has 0 aliphatic heterocycles. The highest BCUT2D eigenvalue weighted by atomic mass is 19.1. The molecule has 0 aliphatic carbocycles. The van der Waals surface area contributed by atoms with Crippen LogP contribution in [0.25, 0.3) is 22.2 Å². The topological polar surface area (TPSA) is 106 Å². The van der Waals surface area contributed by atoms with Gasteiger partial charge in [0.1, 0.15) is 11.6 Å². The number of benzene rings is 1. The summed E-state index contributed by atoms with van der Waals surface area (Å²) in [7, 11) is 0. The number of anilines is 2. The number of aromatic amines is 1. The van der Waals surface area contributed by atoms with Crippen LogP contribution in [0.3, 0.4) is 0 Å². The van der Waals surface area contributed by atoms with Crippen molar-refractivity contribution in [3.05, 3.63) is 30.2 Å². The lowest BCUT2D eigenvalue weighted by molar-refractivity contribution is 0.640. The third kappa shape index (κ3) is 1.45. The fourth-order valence-corrected chi connectivity index (χ4v) is 1.82. The Bertz CT molecular complexity index is 735. The van der Waals surface area contributed by atoms with Crippen molar-refractivity contribution >= 4 is 22.7 Å². The molecule has 0 amide bonds. The van der Waals surface area contributed by atoms with Gasteiger partial charge in [-0.2, -0.15) is 10.1 Å². The van der Waals surface area contributed by atoms with E-state index in [0.29, 0.717) is 22.2 Å². The first-order valence-corrected chi connectivity index (χ1v) is 5.18. The molecular weight excluding hydrogens is 235 g/mol. The minimum Gasteiger partial charge on any atom is -0.383 e. The first kappa shape index (κ1) is 10.5. The number of nitrogens with one attached hydrogen (secondary N) is 1. The van der Waals surface area contributed by atoms with Crippen LogP contribution in [0.15, 0.2) is 24.4 Å². The quantitative estimate of drug-likeness (QED) is 0.598. The van der Waals surface area contributed by atoms with Crippen LogP contribution in [-0.4, -0.2) is 20.2 Å². The number of halogens is 1. The summed E-state index contributed by atoms with van der Waals surface area (Å²) in [6.07, 6.45) is 1.44. The molecule has 0 bridgehead atoms. The summed E-state index contributed by atoms with van der Waals surface area (Å²) in [6.45, 7) is 0. The molecule has 6 nitrogen and oxygen atoms in total. The van der Waals surface area contributed by atoms with Gasteiger partial charge >= 0.3 is 0 Å². The summed E-state index contributed by atoms with van der Waals surface area (Å²) in [5.74, 6) is -0.135. The van der Waals surface area contributed by atoms with Gasteiger partial charge < -0.3 is 11.5 Å². The van der Waals surface area contributed by atoms with E-state index in [-0.39, 0.29) is 17.6 Å². The molecule has 0 radical (unpaired) electrons. The second-order valence-electron chi connectivity index (χ2n) is 3.76. The highest BCUT2D eigenvalue weighted by molar-refractivity contribution is 5.95. The summed E-state index contributed by atoms with van der Waals surface area (Å²) in [5.41, 5.74) is 12.6. The maximum Gasteiger partial charge on any atom is 0.221 e. The summed E-state index contributed by atoms with van der Waals surface area (Å²) >= 11 is 0. The van der Waals surface area contributed by atoms with Crippen molar-refractivity contribution in [3.63, 3.8) is 0 Å². The van der Waals surface area contributed by atoms with E-state index >= 15 is 0 Å². The van der Waals surface area contributed by atoms with Crippen LogP contribution in [0.2, 0.25) is 0 Å². The van der Waals surface area contributed by atoms with Crippen LogP contribution in [0.1, 0.15) is 0 Å². The number of hydrogen-bond donors (Lipinski definition) is 3. The Kier molecular flexibility index (Phi) is 2.12. The van der Waals surface area contributed by atoms with Crippen molar-refractivity contribution in [2.24, 2.45) is 0 Å². The first-order chi connectivity index (χ1) is 8.66. The molecule has 5 N–H and O–H groups in total. The molecule has 0 atom stereocenters. The van der Waals surface area contributed by atoms with Gasteiger partial charge in [0.2, 0.25) is 5.95 Å². The minimum absolute atomic E-state index is 0.0699. The van der Waals surface area contributed by atoms with Crippen LogP contribution in [0.5, 0.6) is 0 Å². The number of fused-ring (bicyclic) bond motifs is 1. The SMILES string of the molecule is Nc1ncc(-c2[nH]nc3cccc(F)c23)c(N)n1. The molecular formula is C11H9FN6. The molecule has 0 aliphatic rings. The van der Waals surface area contributed by atoms with E-state index in [1.54, 1.807) is 12.1 Å². The van der Waals surface area contributed by atoms with Crippen molar-refractivity contribution in [2.45, 2.75) is 0 Å². The van der Waals surface area contributed by atoms with Crippen LogP contribution < -0.4 is 11.5 Å². The van der Waals surface area contributed by atoms with Gasteiger partial charge in [0.05, 0.1) is 22.2 Å². The Morgan fingerprint density at radius 3 is 2.83 bits per heavy atom. The molecule has 0 spiro atoms. The van der Waals surface area contributed by atoms with Crippen molar-refractivity contribution in [3.8, 4) is 11.3 Å². The predicted octanol–water partition coefficient (Wildman–Crippen LogP) is 1.32. The summed E-state index contributed by atoms with van der Waals surface area (Å²) in [6, 6.07) is 4.65. The first-order valence-electron chi connectivity index (χ1n) is 5.18. The minimum atomic E-state index is -0.382. The van der Waals surface area contributed by atoms with E-state index < -0.39 is 0 Å². The van der Waals surface area contributed by atoms with Crippen LogP contribution in [0, 0.1) is 5.82 Å². The molecule has 0 unspecified atom stereocenters. The normalized spacial score (nSPS) is 10.9. The van der Waals surface area contributed by atoms with Gasteiger partial charge in [0.15, 0.2) is 0 Å². The number of nitrogens with zero attached hydrogens (tertiary/aromatic N) is 3. The maximum absolute atomic E-state index is 13.8. The fraction of sp³-hybridized carbons (Fsp3) is 0. The van der Waals surface area contributed by atoms with Crippen LogP contribution >= 0.6 is 0 Å². The van der Waals surface area contributed by atoms with Crippen molar-refractivity contribution in [2.75, 3.05) is 11.5 Å². The third-order valence-electron chi connectivity index (χ3n) is 2.64. The lowest BCUT2D eigenvalue weighted by Gasteiger charge is -2.03. The van der Waals surface area contributed by atoms with E-state index in [1.165, 1.54) is 12.3 Å². The number of nitrogen functional groups attached to an aromatic ring is 2. The molecule has 18 heavy (non-hydrogen) atoms. The number of H-pyrrole nitrogens is 1. The fourth-order valence-electron chi connectivity index (χ4n) is 1.82. The second kappa shape index (κ2) is 3.66. The Morgan fingerprint density at radius 1 is 1.22 bits per heavy atom. The zero-order valence-electron chi connectivity index (χ0n) is 9.18. The van der Waals surface area contributed by atoms with Gasteiger partial charge in [-0.05, 0) is 12.1 Å². The summed E-state index contributed by atoms with van der Waals surface area (Å²) < 4.78 is 13.8. The van der Waals surface area contributed by atoms with Gasteiger partial charge in [-0.15, -0.1) is 0 Å². The van der Waals surface area contributed by atoms with E-state index in [0.717, 1.165) is 0 Å². The maximum atomic E-state index is 13.8. The molecule has 2 aromatic heterocycles. The van der Waals surface area contributed by atoms with Crippen molar-refractivity contribution in [1.82, 2.24) is 20.2 Å². The predicted molar refractivity (Wildman–Crippen MR) is 65.9 cm³/mol. The second-order valence-corrected chi connectivity index (χ2v) is 3.76. The van der Waals surface area contributed by atoms with Gasteiger partial charge in [-0.3, -0.25) is 5.10 Å². The van der Waals surface area contributed by atoms with E-state index in [9.17, 15) is 4.39 Å². The highest BCUT2D eigenvalue weighted by Crippen LogP contribution is 2.30. The van der Waals surface area contributed by atoms with Crippen LogP contribution in [-0.2, 0) is 0 Å². The highest BCUT2D eigenvalue weighted by Gasteiger charge is 2.15. The van der Waals surface area contributed by atoms with E-state index in [1.807, 2.05) is 0 Å². The van der Waals surface area contributed by atoms with Gasteiger partial charge in [0, 0.05) is 6.20 Å². The zero-order valence-corrected chi connectivity index (χ0v) is 9.18. The monoisotopic (exact) mass is 244 g/mol. The van der Waals surface area contributed by atoms with E-state index in [4.69, 9.17) is 11.5 Å². The largest absolute Gasteiger partial charge is 0.383 e. The van der Waals surface area contributed by atoms with Crippen LogP contribution in [0.4, 0.5) is 16.2 Å². The zero-order chi connectivity index (χ0) is 12.7. The Hall–Kier alpha value is -2.70. The molecule has 90 valence electrons.